The standard InChI is InChI=1S/C13H16O3.C8H10O4/c1-6(2)13(14)16-11-8-4-9-7(3)15-12(11)10(9)5-8;1-5(2)7(9)12-6-3-4-11-8(6)10/h8-12H,1,3-5H2,2H3;6H,1,3-4H2,2H3. The summed E-state index contributed by atoms with van der Waals surface area (Å²) in [4.78, 5) is 33.3. The molecule has 0 aromatic rings. The number of carbonyl (C=O) groups is 3. The molecule has 0 aromatic carbocycles. The molecule has 0 aromatic heterocycles. The molecule has 2 aliphatic carbocycles. The predicted molar refractivity (Wildman–Crippen MR) is 98.7 cm³/mol. The van der Waals surface area contributed by atoms with Crippen molar-refractivity contribution in [3.8, 4) is 0 Å². The number of ether oxygens (including phenoxy) is 4. The van der Waals surface area contributed by atoms with E-state index in [9.17, 15) is 14.4 Å². The fourth-order valence-electron chi connectivity index (χ4n) is 4.24. The van der Waals surface area contributed by atoms with Gasteiger partial charge in [-0.15, -0.1) is 0 Å². The lowest BCUT2D eigenvalue weighted by molar-refractivity contribution is -0.157. The van der Waals surface area contributed by atoms with Crippen LogP contribution in [0.3, 0.4) is 0 Å². The topological polar surface area (TPSA) is 88.1 Å². The number of carbonyl (C=O) groups excluding carboxylic acids is 3. The van der Waals surface area contributed by atoms with Gasteiger partial charge in [-0.25, -0.2) is 14.4 Å². The fraction of sp³-hybridized carbons (Fsp3) is 0.571. The second kappa shape index (κ2) is 7.81. The van der Waals surface area contributed by atoms with Crippen LogP contribution in [0.1, 0.15) is 33.1 Å². The Balaban J connectivity index is 0.000000169. The molecule has 6 unspecified atom stereocenters. The molecular weight excluding hydrogens is 364 g/mol. The molecule has 28 heavy (non-hydrogen) atoms. The molecule has 4 aliphatic rings. The van der Waals surface area contributed by atoms with Gasteiger partial charge in [-0.3, -0.25) is 0 Å². The monoisotopic (exact) mass is 390 g/mol. The Morgan fingerprint density at radius 1 is 1.07 bits per heavy atom. The van der Waals surface area contributed by atoms with Gasteiger partial charge in [-0.1, -0.05) is 19.7 Å². The molecule has 2 aliphatic heterocycles. The average Bonchev–Trinajstić information content (AvgIpc) is 3.35. The molecule has 4 rings (SSSR count). The zero-order valence-corrected chi connectivity index (χ0v) is 16.3. The van der Waals surface area contributed by atoms with Crippen molar-refractivity contribution in [2.45, 2.75) is 51.4 Å². The summed E-state index contributed by atoms with van der Waals surface area (Å²) in [6.45, 7) is 14.5. The summed E-state index contributed by atoms with van der Waals surface area (Å²) in [5, 5.41) is 0. The summed E-state index contributed by atoms with van der Waals surface area (Å²) in [5.74, 6) is 1.09. The van der Waals surface area contributed by atoms with Crippen LogP contribution in [0.5, 0.6) is 0 Å². The van der Waals surface area contributed by atoms with Crippen LogP contribution < -0.4 is 0 Å². The van der Waals surface area contributed by atoms with E-state index in [1.54, 1.807) is 6.92 Å². The van der Waals surface area contributed by atoms with Crippen molar-refractivity contribution in [2.75, 3.05) is 6.61 Å². The third-order valence-electron chi connectivity index (χ3n) is 5.64. The molecule has 2 bridgehead atoms. The first-order chi connectivity index (χ1) is 13.2. The van der Waals surface area contributed by atoms with E-state index in [1.165, 1.54) is 6.92 Å². The Kier molecular flexibility index (Phi) is 5.63. The van der Waals surface area contributed by atoms with Gasteiger partial charge in [0, 0.05) is 35.3 Å². The molecule has 0 amide bonds. The van der Waals surface area contributed by atoms with Crippen molar-refractivity contribution in [1.82, 2.24) is 0 Å². The molecule has 2 saturated carbocycles. The molecule has 2 heterocycles. The molecular formula is C21H26O7. The van der Waals surface area contributed by atoms with Crippen LogP contribution >= 0.6 is 0 Å². The SMILES string of the molecule is C=C(C)C(=O)OC1C2CC3C(=C)OC1C3C2.C=C(C)C(=O)OC1CCOC1=O. The Labute approximate surface area is 164 Å². The van der Waals surface area contributed by atoms with Crippen LogP contribution in [0.4, 0.5) is 0 Å². The second-order valence-corrected chi connectivity index (χ2v) is 7.83. The van der Waals surface area contributed by atoms with Gasteiger partial charge in [0.25, 0.3) is 0 Å². The summed E-state index contributed by atoms with van der Waals surface area (Å²) >= 11 is 0. The van der Waals surface area contributed by atoms with Crippen LogP contribution in [0.15, 0.2) is 36.6 Å². The number of hydrogen-bond donors (Lipinski definition) is 0. The fourth-order valence-corrected chi connectivity index (χ4v) is 4.24. The minimum absolute atomic E-state index is 0.0551. The van der Waals surface area contributed by atoms with Crippen LogP contribution in [-0.2, 0) is 33.3 Å². The van der Waals surface area contributed by atoms with E-state index in [-0.39, 0.29) is 23.8 Å². The number of fused-ring (bicyclic) bond motifs is 1. The highest BCUT2D eigenvalue weighted by atomic mass is 16.6. The number of allylic oxidation sites excluding steroid dienone is 1. The van der Waals surface area contributed by atoms with Gasteiger partial charge in [0.2, 0.25) is 6.10 Å². The number of esters is 3. The Morgan fingerprint density at radius 2 is 1.71 bits per heavy atom. The molecule has 2 saturated heterocycles. The van der Waals surface area contributed by atoms with Crippen LogP contribution in [0, 0.1) is 17.8 Å². The van der Waals surface area contributed by atoms with E-state index >= 15 is 0 Å². The van der Waals surface area contributed by atoms with Gasteiger partial charge in [0.1, 0.15) is 12.2 Å². The average molecular weight is 390 g/mol. The van der Waals surface area contributed by atoms with E-state index < -0.39 is 18.0 Å². The van der Waals surface area contributed by atoms with Crippen molar-refractivity contribution < 1.29 is 33.3 Å². The first kappa shape index (κ1) is 20.2. The maximum absolute atomic E-state index is 11.5. The van der Waals surface area contributed by atoms with Crippen molar-refractivity contribution in [3.63, 3.8) is 0 Å². The lowest BCUT2D eigenvalue weighted by Gasteiger charge is -2.25. The highest BCUT2D eigenvalue weighted by Crippen LogP contribution is 2.58. The zero-order valence-electron chi connectivity index (χ0n) is 16.3. The highest BCUT2D eigenvalue weighted by Gasteiger charge is 2.61. The van der Waals surface area contributed by atoms with Gasteiger partial charge in [-0.2, -0.15) is 0 Å². The molecule has 7 heteroatoms. The van der Waals surface area contributed by atoms with E-state index in [0.717, 1.165) is 18.6 Å². The molecule has 0 radical (unpaired) electrons. The maximum atomic E-state index is 11.5. The van der Waals surface area contributed by atoms with E-state index in [4.69, 9.17) is 14.2 Å². The van der Waals surface area contributed by atoms with Gasteiger partial charge < -0.3 is 18.9 Å². The molecule has 6 atom stereocenters. The zero-order chi connectivity index (χ0) is 20.6. The molecule has 0 N–H and O–H groups in total. The minimum atomic E-state index is -0.728. The van der Waals surface area contributed by atoms with Crippen LogP contribution in [-0.4, -0.2) is 42.8 Å². The third-order valence-corrected chi connectivity index (χ3v) is 5.64. The summed E-state index contributed by atoms with van der Waals surface area (Å²) in [6.07, 6.45) is 1.87. The summed E-state index contributed by atoms with van der Waals surface area (Å²) in [6, 6.07) is 0. The van der Waals surface area contributed by atoms with E-state index in [1.807, 2.05) is 0 Å². The van der Waals surface area contributed by atoms with Gasteiger partial charge >= 0.3 is 17.9 Å². The van der Waals surface area contributed by atoms with Crippen LogP contribution in [0.25, 0.3) is 0 Å². The van der Waals surface area contributed by atoms with Crippen molar-refractivity contribution >= 4 is 17.9 Å². The lowest BCUT2D eigenvalue weighted by Crippen LogP contribution is -2.36. The minimum Gasteiger partial charge on any atom is -0.491 e. The summed E-state index contributed by atoms with van der Waals surface area (Å²) < 4.78 is 20.6. The smallest absolute Gasteiger partial charge is 0.347 e. The van der Waals surface area contributed by atoms with Gasteiger partial charge in [0.05, 0.1) is 12.4 Å². The Hall–Kier alpha value is -2.57. The van der Waals surface area contributed by atoms with Gasteiger partial charge in [0.15, 0.2) is 0 Å². The Morgan fingerprint density at radius 3 is 2.29 bits per heavy atom. The number of cyclic esters (lactones) is 1. The molecule has 0 spiro atoms. The lowest BCUT2D eigenvalue weighted by atomic mass is 9.87. The molecule has 152 valence electrons. The molecule has 7 nitrogen and oxygen atoms in total. The normalized spacial score (nSPS) is 34.1. The highest BCUT2D eigenvalue weighted by molar-refractivity contribution is 5.89. The third kappa shape index (κ3) is 3.84. The van der Waals surface area contributed by atoms with Crippen LogP contribution in [0.2, 0.25) is 0 Å². The summed E-state index contributed by atoms with van der Waals surface area (Å²) in [5.41, 5.74) is 0.742. The quantitative estimate of drug-likeness (QED) is 0.414. The first-order valence-corrected chi connectivity index (χ1v) is 9.44. The van der Waals surface area contributed by atoms with E-state index in [0.29, 0.717) is 36.4 Å². The molecule has 4 fully saturated rings. The van der Waals surface area contributed by atoms with Crippen molar-refractivity contribution in [2.24, 2.45) is 17.8 Å². The van der Waals surface area contributed by atoms with Crippen molar-refractivity contribution in [3.05, 3.63) is 36.6 Å². The van der Waals surface area contributed by atoms with Crippen molar-refractivity contribution in [1.29, 1.82) is 0 Å². The Bertz CT molecular complexity index is 737. The van der Waals surface area contributed by atoms with Gasteiger partial charge in [-0.05, 0) is 26.7 Å². The maximum Gasteiger partial charge on any atom is 0.347 e. The predicted octanol–water partition coefficient (Wildman–Crippen LogP) is 2.46. The number of rotatable bonds is 4. The van der Waals surface area contributed by atoms with E-state index in [2.05, 4.69) is 24.5 Å². The largest absolute Gasteiger partial charge is 0.491 e. The first-order valence-electron chi connectivity index (χ1n) is 9.44. The number of hydrogen-bond acceptors (Lipinski definition) is 7. The second-order valence-electron chi connectivity index (χ2n) is 7.83. The summed E-state index contributed by atoms with van der Waals surface area (Å²) in [7, 11) is 0.